The molecule has 0 aliphatic carbocycles. The fraction of sp³-hybridized carbons (Fsp3) is 0.211. The largest absolute Gasteiger partial charge is 0.378 e. The quantitative estimate of drug-likeness (QED) is 0.716. The van der Waals surface area contributed by atoms with E-state index in [2.05, 4.69) is 10.2 Å². The number of para-hydroxylation sites is 1. The highest BCUT2D eigenvalue weighted by molar-refractivity contribution is 7.80. The molecule has 0 atom stereocenters. The van der Waals surface area contributed by atoms with Gasteiger partial charge in [0.25, 0.3) is 0 Å². The first kappa shape index (κ1) is 15.9. The third-order valence-corrected chi connectivity index (χ3v) is 4.52. The molecule has 1 aliphatic rings. The lowest BCUT2D eigenvalue weighted by atomic mass is 10.2. The Kier molecular flexibility index (Phi) is 4.54. The number of morpholine rings is 1. The third kappa shape index (κ3) is 3.45. The number of hydrogen-bond donors (Lipinski definition) is 1. The Morgan fingerprint density at radius 2 is 1.68 bits per heavy atom. The predicted octanol–water partition coefficient (Wildman–Crippen LogP) is 3.33. The average molecular weight is 350 g/mol. The number of nitrogens with one attached hydrogen (secondary N) is 1. The van der Waals surface area contributed by atoms with Crippen LogP contribution < -0.4 is 5.32 Å². The fourth-order valence-electron chi connectivity index (χ4n) is 2.83. The molecule has 2 aromatic carbocycles. The first-order valence-corrected chi connectivity index (χ1v) is 8.68. The maximum atomic E-state index is 5.58. The van der Waals surface area contributed by atoms with Gasteiger partial charge in [0.2, 0.25) is 0 Å². The lowest BCUT2D eigenvalue weighted by Crippen LogP contribution is -2.43. The second-order valence-electron chi connectivity index (χ2n) is 5.81. The Bertz CT molecular complexity index is 894. The maximum absolute atomic E-state index is 5.58. The molecule has 25 heavy (non-hydrogen) atoms. The molecular weight excluding hydrogens is 332 g/mol. The number of rotatable bonds is 2. The monoisotopic (exact) mass is 350 g/mol. The summed E-state index contributed by atoms with van der Waals surface area (Å²) in [5.74, 6) is 1.42. The Balaban J connectivity index is 1.72. The summed E-state index contributed by atoms with van der Waals surface area (Å²) in [5, 5.41) is 4.94. The Morgan fingerprint density at radius 1 is 0.960 bits per heavy atom. The first-order chi connectivity index (χ1) is 12.3. The molecular formula is C19H18N4OS. The summed E-state index contributed by atoms with van der Waals surface area (Å²) in [7, 11) is 0. The van der Waals surface area contributed by atoms with Crippen LogP contribution in [0.25, 0.3) is 22.3 Å². The Morgan fingerprint density at radius 3 is 2.48 bits per heavy atom. The standard InChI is InChI=1S/C19H18N4OS/c25-19(23-10-12-24-13-11-23)22-18-15-8-4-5-9-16(15)20-17(21-18)14-6-2-1-3-7-14/h1-9H,10-13H2,(H,20,21,22,25). The minimum Gasteiger partial charge on any atom is -0.378 e. The first-order valence-electron chi connectivity index (χ1n) is 8.27. The van der Waals surface area contributed by atoms with Crippen LogP contribution in [0.5, 0.6) is 0 Å². The SMILES string of the molecule is S=C(Nc1nc(-c2ccccc2)nc2ccccc12)N1CCOCC1. The number of hydrogen-bond acceptors (Lipinski definition) is 4. The molecule has 0 spiro atoms. The van der Waals surface area contributed by atoms with Gasteiger partial charge in [-0.3, -0.25) is 0 Å². The second-order valence-corrected chi connectivity index (χ2v) is 6.20. The van der Waals surface area contributed by atoms with Gasteiger partial charge in [-0.15, -0.1) is 0 Å². The van der Waals surface area contributed by atoms with Crippen molar-refractivity contribution in [1.82, 2.24) is 14.9 Å². The Hall–Kier alpha value is -2.57. The summed E-state index contributed by atoms with van der Waals surface area (Å²) in [6, 6.07) is 17.9. The van der Waals surface area contributed by atoms with Crippen LogP contribution in [0.3, 0.4) is 0 Å². The summed E-state index contributed by atoms with van der Waals surface area (Å²) < 4.78 is 5.39. The molecule has 3 aromatic rings. The van der Waals surface area contributed by atoms with Crippen molar-refractivity contribution in [1.29, 1.82) is 0 Å². The number of benzene rings is 2. The highest BCUT2D eigenvalue weighted by Gasteiger charge is 2.16. The molecule has 126 valence electrons. The van der Waals surface area contributed by atoms with Crippen molar-refractivity contribution in [3.8, 4) is 11.4 Å². The van der Waals surface area contributed by atoms with Crippen molar-refractivity contribution in [2.75, 3.05) is 31.6 Å². The van der Waals surface area contributed by atoms with Crippen LogP contribution in [-0.2, 0) is 4.74 Å². The molecule has 4 rings (SSSR count). The van der Waals surface area contributed by atoms with Crippen LogP contribution in [0, 0.1) is 0 Å². The second kappa shape index (κ2) is 7.13. The normalized spacial score (nSPS) is 14.5. The molecule has 5 nitrogen and oxygen atoms in total. The van der Waals surface area contributed by atoms with Gasteiger partial charge in [0.1, 0.15) is 5.82 Å². The summed E-state index contributed by atoms with van der Waals surface area (Å²) >= 11 is 5.58. The Labute approximate surface area is 151 Å². The maximum Gasteiger partial charge on any atom is 0.174 e. The molecule has 1 aromatic heterocycles. The van der Waals surface area contributed by atoms with E-state index in [1.165, 1.54) is 0 Å². The van der Waals surface area contributed by atoms with Gasteiger partial charge < -0.3 is 15.0 Å². The van der Waals surface area contributed by atoms with E-state index in [1.807, 2.05) is 54.6 Å². The summed E-state index contributed by atoms with van der Waals surface area (Å²) in [6.45, 7) is 2.98. The van der Waals surface area contributed by atoms with Crippen molar-refractivity contribution in [2.24, 2.45) is 0 Å². The average Bonchev–Trinajstić information content (AvgIpc) is 2.69. The number of aromatic nitrogens is 2. The van der Waals surface area contributed by atoms with Crippen LogP contribution >= 0.6 is 12.2 Å². The van der Waals surface area contributed by atoms with Gasteiger partial charge in [-0.05, 0) is 24.4 Å². The van der Waals surface area contributed by atoms with E-state index in [1.54, 1.807) is 0 Å². The molecule has 0 radical (unpaired) electrons. The number of anilines is 1. The number of nitrogens with zero attached hydrogens (tertiary/aromatic N) is 3. The van der Waals surface area contributed by atoms with Crippen molar-refractivity contribution < 1.29 is 4.74 Å². The van der Waals surface area contributed by atoms with Gasteiger partial charge >= 0.3 is 0 Å². The zero-order valence-corrected chi connectivity index (χ0v) is 14.5. The summed E-state index contributed by atoms with van der Waals surface area (Å²) in [6.07, 6.45) is 0. The van der Waals surface area contributed by atoms with Crippen molar-refractivity contribution >= 4 is 34.1 Å². The van der Waals surface area contributed by atoms with Crippen LogP contribution in [0.4, 0.5) is 5.82 Å². The van der Waals surface area contributed by atoms with Crippen LogP contribution in [0.1, 0.15) is 0 Å². The lowest BCUT2D eigenvalue weighted by Gasteiger charge is -2.29. The van der Waals surface area contributed by atoms with Crippen molar-refractivity contribution in [3.63, 3.8) is 0 Å². The summed E-state index contributed by atoms with van der Waals surface area (Å²) in [4.78, 5) is 11.5. The van der Waals surface area contributed by atoms with E-state index >= 15 is 0 Å². The third-order valence-electron chi connectivity index (χ3n) is 4.16. The number of thiocarbonyl (C=S) groups is 1. The summed E-state index contributed by atoms with van der Waals surface area (Å²) in [5.41, 5.74) is 1.87. The van der Waals surface area contributed by atoms with Crippen LogP contribution in [0.2, 0.25) is 0 Å². The highest BCUT2D eigenvalue weighted by Crippen LogP contribution is 2.25. The van der Waals surface area contributed by atoms with E-state index in [0.717, 1.165) is 35.4 Å². The van der Waals surface area contributed by atoms with E-state index in [4.69, 9.17) is 26.9 Å². The van der Waals surface area contributed by atoms with Gasteiger partial charge in [-0.2, -0.15) is 0 Å². The van der Waals surface area contributed by atoms with E-state index in [-0.39, 0.29) is 0 Å². The van der Waals surface area contributed by atoms with Gasteiger partial charge in [0.05, 0.1) is 18.7 Å². The predicted molar refractivity (Wildman–Crippen MR) is 104 cm³/mol. The molecule has 0 amide bonds. The number of ether oxygens (including phenoxy) is 1. The molecule has 6 heteroatoms. The van der Waals surface area contributed by atoms with Gasteiger partial charge in [-0.25, -0.2) is 9.97 Å². The van der Waals surface area contributed by atoms with Gasteiger partial charge in [0, 0.05) is 24.0 Å². The smallest absolute Gasteiger partial charge is 0.174 e. The molecule has 0 unspecified atom stereocenters. The zero-order chi connectivity index (χ0) is 17.1. The minimum absolute atomic E-state index is 0.672. The van der Waals surface area contributed by atoms with Crippen molar-refractivity contribution in [2.45, 2.75) is 0 Å². The fourth-order valence-corrected chi connectivity index (χ4v) is 3.11. The van der Waals surface area contributed by atoms with Crippen molar-refractivity contribution in [3.05, 3.63) is 54.6 Å². The minimum atomic E-state index is 0.672. The topological polar surface area (TPSA) is 50.3 Å². The molecule has 2 heterocycles. The molecule has 0 saturated carbocycles. The van der Waals surface area contributed by atoms with Gasteiger partial charge in [-0.1, -0.05) is 42.5 Å². The molecule has 1 saturated heterocycles. The van der Waals surface area contributed by atoms with E-state index in [9.17, 15) is 0 Å². The highest BCUT2D eigenvalue weighted by atomic mass is 32.1. The molecule has 1 fully saturated rings. The lowest BCUT2D eigenvalue weighted by molar-refractivity contribution is 0.0690. The van der Waals surface area contributed by atoms with Crippen LogP contribution in [0.15, 0.2) is 54.6 Å². The molecule has 1 N–H and O–H groups in total. The number of fused-ring (bicyclic) bond motifs is 1. The molecule has 1 aliphatic heterocycles. The van der Waals surface area contributed by atoms with E-state index in [0.29, 0.717) is 24.2 Å². The molecule has 0 bridgehead atoms. The van der Waals surface area contributed by atoms with Gasteiger partial charge in [0.15, 0.2) is 10.9 Å². The van der Waals surface area contributed by atoms with E-state index < -0.39 is 0 Å². The zero-order valence-electron chi connectivity index (χ0n) is 13.7. The van der Waals surface area contributed by atoms with Crippen LogP contribution in [-0.4, -0.2) is 46.3 Å².